The fourth-order valence-electron chi connectivity index (χ4n) is 17.8. The van der Waals surface area contributed by atoms with E-state index in [4.69, 9.17) is 0 Å². The van der Waals surface area contributed by atoms with E-state index in [-0.39, 0.29) is 21.7 Å². The molecule has 0 heteroatoms. The average Bonchev–Trinajstić information content (AvgIpc) is 1.48. The highest BCUT2D eigenvalue weighted by Gasteiger charge is 2.32. The molecule has 0 unspecified atom stereocenters. The highest BCUT2D eigenvalue weighted by molar-refractivity contribution is 6.48. The van der Waals surface area contributed by atoms with Crippen LogP contribution in [0.4, 0.5) is 0 Å². The summed E-state index contributed by atoms with van der Waals surface area (Å²) in [6.07, 6.45) is 0. The van der Waals surface area contributed by atoms with Crippen LogP contribution in [0, 0.1) is 27.7 Å². The monoisotopic (exact) mass is 1210 g/mol. The number of benzene rings is 16. The Kier molecular flexibility index (Phi) is 11.6. The molecular formula is C94H80. The summed E-state index contributed by atoms with van der Waals surface area (Å²) in [7, 11) is 0. The van der Waals surface area contributed by atoms with E-state index in [9.17, 15) is 0 Å². The maximum atomic E-state index is 2.67. The van der Waals surface area contributed by atoms with Crippen LogP contribution in [0.3, 0.4) is 0 Å². The van der Waals surface area contributed by atoms with Crippen LogP contribution in [0.15, 0.2) is 194 Å². The topological polar surface area (TPSA) is 0 Å². The van der Waals surface area contributed by atoms with E-state index in [1.165, 1.54) is 229 Å². The fraction of sp³-hybridized carbons (Fsp3) is 0.213. The van der Waals surface area contributed by atoms with Gasteiger partial charge in [0.25, 0.3) is 0 Å². The van der Waals surface area contributed by atoms with Crippen LogP contribution in [0.5, 0.6) is 0 Å². The third-order valence-corrected chi connectivity index (χ3v) is 22.5. The quantitative estimate of drug-likeness (QED) is 0.122. The van der Waals surface area contributed by atoms with Crippen molar-refractivity contribution < 1.29 is 0 Å². The van der Waals surface area contributed by atoms with Crippen LogP contribution in [0.2, 0.25) is 0 Å². The van der Waals surface area contributed by atoms with Gasteiger partial charge in [0.1, 0.15) is 0 Å². The van der Waals surface area contributed by atoms with Crippen molar-refractivity contribution in [3.63, 3.8) is 0 Å². The normalized spacial score (nSPS) is 13.3. The first-order chi connectivity index (χ1) is 44.8. The SMILES string of the molecule is Cc1cccc(C)c1-c1ccc2c3ccc4c5cc6c(-c7cc(C(C)(C)C)cc(C(C)(C)C)c7)c7c8ccc9c%10ccc(-c%11c(C)cccc%11C)c%11cccc(c%12ccc(c7c(-c7cc(C(C)(C)C)cc(C(C)(C)C)c7)c6cc5c5ccc(c6cccc1c62)c3c54)c8c%129)c%11%10. The van der Waals surface area contributed by atoms with Gasteiger partial charge in [0, 0.05) is 0 Å². The Morgan fingerprint density at radius 3 is 0.745 bits per heavy atom. The number of rotatable bonds is 4. The van der Waals surface area contributed by atoms with Crippen LogP contribution < -0.4 is 0 Å². The highest BCUT2D eigenvalue weighted by atomic mass is 14.4. The van der Waals surface area contributed by atoms with Crippen molar-refractivity contribution in [2.45, 2.75) is 132 Å². The van der Waals surface area contributed by atoms with Crippen molar-refractivity contribution in [2.24, 2.45) is 0 Å². The second-order valence-electron chi connectivity index (χ2n) is 32.5. The molecule has 0 spiro atoms. The molecule has 0 saturated carbocycles. The van der Waals surface area contributed by atoms with Crippen molar-refractivity contribution in [3.8, 4) is 44.5 Å². The number of hydrogen-bond donors (Lipinski definition) is 0. The Morgan fingerprint density at radius 2 is 0.426 bits per heavy atom. The average molecular weight is 1210 g/mol. The molecule has 18 aromatic rings. The second-order valence-corrected chi connectivity index (χ2v) is 32.5. The zero-order valence-electron chi connectivity index (χ0n) is 57.5. The summed E-state index contributed by atoms with van der Waals surface area (Å²) in [5, 5.41) is 34.6. The van der Waals surface area contributed by atoms with Crippen molar-refractivity contribution in [1.29, 1.82) is 0 Å². The molecule has 0 atom stereocenters. The smallest absolute Gasteiger partial charge is 0.000740 e. The van der Waals surface area contributed by atoms with Gasteiger partial charge < -0.3 is 0 Å². The summed E-state index contributed by atoms with van der Waals surface area (Å²) in [5.74, 6) is 0. The minimum Gasteiger partial charge on any atom is -0.0617 e. The summed E-state index contributed by atoms with van der Waals surface area (Å²) >= 11 is 0. The molecular weight excluding hydrogens is 1130 g/mol. The molecule has 18 rings (SSSR count). The Morgan fingerprint density at radius 1 is 0.181 bits per heavy atom. The lowest BCUT2D eigenvalue weighted by atomic mass is 9.76. The maximum absolute atomic E-state index is 2.67. The first kappa shape index (κ1) is 57.1. The molecule has 0 amide bonds. The summed E-state index contributed by atoms with van der Waals surface area (Å²) in [6, 6.07) is 77.9. The van der Waals surface area contributed by atoms with Crippen molar-refractivity contribution in [2.75, 3.05) is 0 Å². The first-order valence-corrected chi connectivity index (χ1v) is 34.3. The number of fused-ring (bicyclic) bond motifs is 11. The predicted molar refractivity (Wildman–Crippen MR) is 414 cm³/mol. The Bertz CT molecular complexity index is 5970. The minimum atomic E-state index is -0.107. The Hall–Kier alpha value is -9.62. The lowest BCUT2D eigenvalue weighted by molar-refractivity contribution is 0.568. The van der Waals surface area contributed by atoms with Gasteiger partial charge in [-0.05, 0) is 291 Å². The summed E-state index contributed by atoms with van der Waals surface area (Å²) in [4.78, 5) is 0. The van der Waals surface area contributed by atoms with Gasteiger partial charge in [-0.25, -0.2) is 0 Å². The van der Waals surface area contributed by atoms with E-state index in [0.29, 0.717) is 0 Å². The zero-order chi connectivity index (χ0) is 64.9. The molecule has 456 valence electrons. The molecule has 0 aliphatic rings. The number of aryl methyl sites for hydroxylation is 4. The van der Waals surface area contributed by atoms with Gasteiger partial charge in [0.05, 0.1) is 0 Å². The van der Waals surface area contributed by atoms with Gasteiger partial charge in [-0.3, -0.25) is 0 Å². The zero-order valence-corrected chi connectivity index (χ0v) is 57.5. The van der Waals surface area contributed by atoms with Gasteiger partial charge in [0.2, 0.25) is 0 Å². The summed E-state index contributed by atoms with van der Waals surface area (Å²) in [5.41, 5.74) is 20.8. The molecule has 0 nitrogen and oxygen atoms in total. The van der Waals surface area contributed by atoms with E-state index in [0.717, 1.165) is 0 Å². The van der Waals surface area contributed by atoms with E-state index in [1.807, 2.05) is 0 Å². The molecule has 94 heavy (non-hydrogen) atoms. The molecule has 0 heterocycles. The largest absolute Gasteiger partial charge is 0.0617 e. The van der Waals surface area contributed by atoms with Gasteiger partial charge in [-0.2, -0.15) is 0 Å². The molecule has 0 radical (unpaired) electrons. The van der Waals surface area contributed by atoms with Crippen LogP contribution in [0.25, 0.3) is 185 Å². The van der Waals surface area contributed by atoms with Crippen LogP contribution in [-0.4, -0.2) is 0 Å². The van der Waals surface area contributed by atoms with E-state index in [2.05, 4.69) is 305 Å². The maximum Gasteiger partial charge on any atom is -0.000740 e. The minimum absolute atomic E-state index is 0.107. The molecule has 0 bridgehead atoms. The molecule has 0 fully saturated rings. The predicted octanol–water partition coefficient (Wildman–Crippen LogP) is 27.5. The third-order valence-electron chi connectivity index (χ3n) is 22.5. The van der Waals surface area contributed by atoms with E-state index < -0.39 is 0 Å². The molecule has 18 aromatic carbocycles. The number of hydrogen-bond acceptors (Lipinski definition) is 0. The van der Waals surface area contributed by atoms with Gasteiger partial charge in [0.15, 0.2) is 0 Å². The Labute approximate surface area is 552 Å². The molecule has 0 saturated heterocycles. The van der Waals surface area contributed by atoms with Crippen molar-refractivity contribution in [3.05, 3.63) is 239 Å². The first-order valence-electron chi connectivity index (χ1n) is 34.3. The van der Waals surface area contributed by atoms with Gasteiger partial charge in [-0.15, -0.1) is 0 Å². The standard InChI is InChI=1S/C94H80/c1-49-21-17-22-50(2)79(49)63-29-31-65-69-34-36-72-76-48-78-77(47-75(76)71-35-33-67(85(69)87(71)72)61-27-19-25-59(63)83(61)65)81(53-41-55(91(5,6)7)45-56(42-53)92(8,9)10)89-73-39-37-68-62-28-20-26-60-64(80-51(3)23-18-24-52(80)4)30-32-66(84(60)62)70-38-40-74(88(73)86(68)70)90(89)82(78)54-43-57(93(11,12)13)46-58(44-54)94(14,15)16/h17-48H,1-16H3. The molecule has 0 N–H and O–H groups in total. The van der Waals surface area contributed by atoms with Gasteiger partial charge >= 0.3 is 0 Å². The molecule has 0 aromatic heterocycles. The summed E-state index contributed by atoms with van der Waals surface area (Å²) < 4.78 is 0. The summed E-state index contributed by atoms with van der Waals surface area (Å²) in [6.45, 7) is 37.8. The Balaban J connectivity index is 1.04. The lowest BCUT2D eigenvalue weighted by Gasteiger charge is -2.28. The highest BCUT2D eigenvalue weighted by Crippen LogP contribution is 2.58. The van der Waals surface area contributed by atoms with Crippen molar-refractivity contribution in [1.82, 2.24) is 0 Å². The fourth-order valence-corrected chi connectivity index (χ4v) is 17.8. The van der Waals surface area contributed by atoms with E-state index in [1.54, 1.807) is 0 Å². The van der Waals surface area contributed by atoms with Crippen LogP contribution in [-0.2, 0) is 21.7 Å². The van der Waals surface area contributed by atoms with Crippen LogP contribution in [0.1, 0.15) is 128 Å². The van der Waals surface area contributed by atoms with Crippen LogP contribution >= 0.6 is 0 Å². The lowest BCUT2D eigenvalue weighted by Crippen LogP contribution is -2.16. The van der Waals surface area contributed by atoms with Crippen molar-refractivity contribution >= 4 is 140 Å². The second kappa shape index (κ2) is 19.0. The molecule has 0 aliphatic heterocycles. The molecule has 0 aliphatic carbocycles. The van der Waals surface area contributed by atoms with E-state index >= 15 is 0 Å². The third kappa shape index (κ3) is 7.81. The van der Waals surface area contributed by atoms with Gasteiger partial charge in [-0.1, -0.05) is 265 Å².